The fourth-order valence-corrected chi connectivity index (χ4v) is 2.96. The monoisotopic (exact) mass is 280 g/mol. The van der Waals surface area contributed by atoms with E-state index in [1.54, 1.807) is 0 Å². The van der Waals surface area contributed by atoms with E-state index in [1.165, 1.54) is 25.7 Å². The topological polar surface area (TPSA) is 58.2 Å². The van der Waals surface area contributed by atoms with Crippen LogP contribution < -0.4 is 10.6 Å². The fourth-order valence-electron chi connectivity index (χ4n) is 2.96. The summed E-state index contributed by atoms with van der Waals surface area (Å²) in [6.45, 7) is 4.05. The molecule has 0 saturated heterocycles. The highest BCUT2D eigenvalue weighted by Gasteiger charge is 2.48. The van der Waals surface area contributed by atoms with Crippen molar-refractivity contribution in [3.05, 3.63) is 0 Å². The molecule has 0 aromatic heterocycles. The number of rotatable bonds is 5. The van der Waals surface area contributed by atoms with Gasteiger partial charge in [0, 0.05) is 12.1 Å². The summed E-state index contributed by atoms with van der Waals surface area (Å²) in [7, 11) is 0. The standard InChI is InChI=1S/C16H28N2O2/c1-3-11(2)17-15(19)13-10-14(13)16(20)18-12-8-6-4-5-7-9-12/h11-14H,3-10H2,1-2H3,(H,17,19)(H,18,20). The molecule has 4 heteroatoms. The van der Waals surface area contributed by atoms with Gasteiger partial charge in [-0.2, -0.15) is 0 Å². The Balaban J connectivity index is 1.73. The van der Waals surface area contributed by atoms with Crippen LogP contribution in [0.5, 0.6) is 0 Å². The Morgan fingerprint density at radius 1 is 1.05 bits per heavy atom. The molecule has 0 aromatic rings. The molecule has 3 atom stereocenters. The summed E-state index contributed by atoms with van der Waals surface area (Å²) in [5.74, 6) is -0.0151. The van der Waals surface area contributed by atoms with E-state index in [0.29, 0.717) is 6.04 Å². The number of hydrogen-bond acceptors (Lipinski definition) is 2. The van der Waals surface area contributed by atoms with Gasteiger partial charge in [-0.25, -0.2) is 0 Å². The average molecular weight is 280 g/mol. The van der Waals surface area contributed by atoms with E-state index >= 15 is 0 Å². The third-order valence-electron chi connectivity index (χ3n) is 4.67. The number of carbonyl (C=O) groups is 2. The molecule has 2 fully saturated rings. The van der Waals surface area contributed by atoms with Crippen molar-refractivity contribution in [2.45, 2.75) is 77.3 Å². The van der Waals surface area contributed by atoms with Gasteiger partial charge in [-0.05, 0) is 32.6 Å². The molecule has 0 bridgehead atoms. The summed E-state index contributed by atoms with van der Waals surface area (Å²) in [4.78, 5) is 24.1. The van der Waals surface area contributed by atoms with Gasteiger partial charge in [0.1, 0.15) is 0 Å². The Morgan fingerprint density at radius 3 is 2.25 bits per heavy atom. The van der Waals surface area contributed by atoms with E-state index in [4.69, 9.17) is 0 Å². The van der Waals surface area contributed by atoms with Crippen LogP contribution in [0.2, 0.25) is 0 Å². The van der Waals surface area contributed by atoms with Gasteiger partial charge < -0.3 is 10.6 Å². The van der Waals surface area contributed by atoms with Crippen molar-refractivity contribution < 1.29 is 9.59 Å². The molecule has 20 heavy (non-hydrogen) atoms. The maximum absolute atomic E-state index is 12.2. The van der Waals surface area contributed by atoms with Crippen molar-refractivity contribution in [2.24, 2.45) is 11.8 Å². The molecule has 0 heterocycles. The Bertz CT molecular complexity index is 348. The Morgan fingerprint density at radius 2 is 1.65 bits per heavy atom. The van der Waals surface area contributed by atoms with E-state index in [-0.39, 0.29) is 29.7 Å². The second-order valence-electron chi connectivity index (χ2n) is 6.46. The summed E-state index contributed by atoms with van der Waals surface area (Å²) in [6, 6.07) is 0.539. The first-order valence-corrected chi connectivity index (χ1v) is 8.22. The minimum atomic E-state index is -0.0882. The van der Waals surface area contributed by atoms with E-state index in [2.05, 4.69) is 10.6 Å². The predicted molar refractivity (Wildman–Crippen MR) is 79.1 cm³/mol. The molecule has 0 aliphatic heterocycles. The molecule has 0 spiro atoms. The molecule has 2 N–H and O–H groups in total. The van der Waals surface area contributed by atoms with Crippen LogP contribution in [0.15, 0.2) is 0 Å². The lowest BCUT2D eigenvalue weighted by atomic mass is 10.1. The van der Waals surface area contributed by atoms with Gasteiger partial charge in [0.15, 0.2) is 0 Å². The van der Waals surface area contributed by atoms with Gasteiger partial charge in [0.2, 0.25) is 11.8 Å². The maximum Gasteiger partial charge on any atom is 0.224 e. The SMILES string of the molecule is CCC(C)NC(=O)C1CC1C(=O)NC1CCCCCC1. The fraction of sp³-hybridized carbons (Fsp3) is 0.875. The van der Waals surface area contributed by atoms with Crippen LogP contribution in [0.1, 0.15) is 65.2 Å². The normalized spacial score (nSPS) is 28.3. The first-order chi connectivity index (χ1) is 9.61. The summed E-state index contributed by atoms with van der Waals surface area (Å²) in [5, 5.41) is 6.13. The number of carbonyl (C=O) groups excluding carboxylic acids is 2. The smallest absolute Gasteiger partial charge is 0.224 e. The van der Waals surface area contributed by atoms with Gasteiger partial charge >= 0.3 is 0 Å². The highest BCUT2D eigenvalue weighted by molar-refractivity contribution is 5.92. The molecule has 2 saturated carbocycles. The second-order valence-corrected chi connectivity index (χ2v) is 6.46. The van der Waals surface area contributed by atoms with Gasteiger partial charge in [0.05, 0.1) is 11.8 Å². The van der Waals surface area contributed by atoms with Crippen LogP contribution in [0, 0.1) is 11.8 Å². The Hall–Kier alpha value is -1.06. The first kappa shape index (κ1) is 15.3. The summed E-state index contributed by atoms with van der Waals surface area (Å²) in [6.07, 6.45) is 8.86. The van der Waals surface area contributed by atoms with Gasteiger partial charge in [-0.15, -0.1) is 0 Å². The van der Waals surface area contributed by atoms with Crippen LogP contribution in [-0.4, -0.2) is 23.9 Å². The third kappa shape index (κ3) is 4.22. The molecule has 2 rings (SSSR count). The molecule has 0 aromatic carbocycles. The van der Waals surface area contributed by atoms with Crippen LogP contribution in [0.3, 0.4) is 0 Å². The highest BCUT2D eigenvalue weighted by Crippen LogP contribution is 2.39. The van der Waals surface area contributed by atoms with Crippen LogP contribution in [0.4, 0.5) is 0 Å². The van der Waals surface area contributed by atoms with Crippen LogP contribution in [0.25, 0.3) is 0 Å². The lowest BCUT2D eigenvalue weighted by Crippen LogP contribution is -2.38. The molecule has 0 radical (unpaired) electrons. The Labute approximate surface area is 122 Å². The zero-order chi connectivity index (χ0) is 14.5. The van der Waals surface area contributed by atoms with E-state index in [9.17, 15) is 9.59 Å². The van der Waals surface area contributed by atoms with Crippen LogP contribution >= 0.6 is 0 Å². The van der Waals surface area contributed by atoms with Crippen molar-refractivity contribution in [2.75, 3.05) is 0 Å². The predicted octanol–water partition coefficient (Wildman–Crippen LogP) is 2.38. The first-order valence-electron chi connectivity index (χ1n) is 8.22. The minimum Gasteiger partial charge on any atom is -0.353 e. The molecular weight excluding hydrogens is 252 g/mol. The van der Waals surface area contributed by atoms with Crippen molar-refractivity contribution in [3.63, 3.8) is 0 Å². The molecule has 2 aliphatic rings. The summed E-state index contributed by atoms with van der Waals surface area (Å²) in [5.41, 5.74) is 0. The Kier molecular flexibility index (Phi) is 5.44. The molecule has 2 aliphatic carbocycles. The van der Waals surface area contributed by atoms with E-state index in [0.717, 1.165) is 25.7 Å². The zero-order valence-corrected chi connectivity index (χ0v) is 12.8. The van der Waals surface area contributed by atoms with Gasteiger partial charge in [-0.1, -0.05) is 32.6 Å². The minimum absolute atomic E-state index is 0.0559. The van der Waals surface area contributed by atoms with Crippen molar-refractivity contribution >= 4 is 11.8 Å². The lowest BCUT2D eigenvalue weighted by Gasteiger charge is -2.16. The van der Waals surface area contributed by atoms with E-state index in [1.807, 2.05) is 13.8 Å². The molecular formula is C16H28N2O2. The van der Waals surface area contributed by atoms with E-state index < -0.39 is 0 Å². The largest absolute Gasteiger partial charge is 0.353 e. The molecule has 3 unspecified atom stereocenters. The third-order valence-corrected chi connectivity index (χ3v) is 4.67. The number of nitrogens with one attached hydrogen (secondary N) is 2. The molecule has 114 valence electrons. The molecule has 4 nitrogen and oxygen atoms in total. The summed E-state index contributed by atoms with van der Waals surface area (Å²) < 4.78 is 0. The average Bonchev–Trinajstić information content (AvgIpc) is 3.23. The lowest BCUT2D eigenvalue weighted by molar-refractivity contribution is -0.128. The molecule has 2 amide bonds. The van der Waals surface area contributed by atoms with Gasteiger partial charge in [-0.3, -0.25) is 9.59 Å². The highest BCUT2D eigenvalue weighted by atomic mass is 16.2. The van der Waals surface area contributed by atoms with Crippen molar-refractivity contribution in [1.82, 2.24) is 10.6 Å². The quantitative estimate of drug-likeness (QED) is 0.760. The van der Waals surface area contributed by atoms with Gasteiger partial charge in [0.25, 0.3) is 0 Å². The summed E-state index contributed by atoms with van der Waals surface area (Å²) >= 11 is 0. The zero-order valence-electron chi connectivity index (χ0n) is 12.8. The number of hydrogen-bond donors (Lipinski definition) is 2. The second kappa shape index (κ2) is 7.09. The maximum atomic E-state index is 12.2. The van der Waals surface area contributed by atoms with Crippen molar-refractivity contribution in [1.29, 1.82) is 0 Å². The number of amides is 2. The van der Waals surface area contributed by atoms with Crippen molar-refractivity contribution in [3.8, 4) is 0 Å². The van der Waals surface area contributed by atoms with Crippen LogP contribution in [-0.2, 0) is 9.59 Å².